The van der Waals surface area contributed by atoms with Crippen LogP contribution in [0.4, 0.5) is 23.2 Å². The molecule has 0 fully saturated rings. The van der Waals surface area contributed by atoms with Crippen molar-refractivity contribution in [3.63, 3.8) is 0 Å². The molecule has 0 unspecified atom stereocenters. The Bertz CT molecular complexity index is 933. The van der Waals surface area contributed by atoms with Crippen LogP contribution in [0.1, 0.15) is 5.56 Å². The fourth-order valence-corrected chi connectivity index (χ4v) is 3.01. The highest BCUT2D eigenvalue weighted by atomic mass is 32.2. The Morgan fingerprint density at radius 3 is 2.32 bits per heavy atom. The van der Waals surface area contributed by atoms with Gasteiger partial charge in [-0.1, -0.05) is 6.07 Å². The molecule has 10 heteroatoms. The van der Waals surface area contributed by atoms with Crippen LogP contribution in [0.2, 0.25) is 0 Å². The Morgan fingerprint density at radius 2 is 1.64 bits per heavy atom. The summed E-state index contributed by atoms with van der Waals surface area (Å²) in [6.45, 7) is 0.686. The zero-order valence-electron chi connectivity index (χ0n) is 12.7. The number of benzene rings is 2. The Morgan fingerprint density at radius 1 is 1.00 bits per heavy atom. The number of hydrogen-bond acceptors (Lipinski definition) is 3. The SMILES string of the molecule is Cc1ccc(F)c(S(=O)(=O)NCC(=O)Nc2ccc(F)c(F)c2F)c1. The van der Waals surface area contributed by atoms with Crippen LogP contribution >= 0.6 is 0 Å². The quantitative estimate of drug-likeness (QED) is 0.622. The molecule has 0 heterocycles. The normalized spacial score (nSPS) is 11.4. The minimum atomic E-state index is -4.34. The molecule has 1 amide bonds. The van der Waals surface area contributed by atoms with Crippen molar-refractivity contribution < 1.29 is 30.8 Å². The van der Waals surface area contributed by atoms with Gasteiger partial charge in [-0.15, -0.1) is 0 Å². The summed E-state index contributed by atoms with van der Waals surface area (Å²) in [7, 11) is -4.34. The standard InChI is InChI=1S/C15H12F4N2O3S/c1-8-2-3-9(16)12(6-8)25(23,24)20-7-13(22)21-11-5-4-10(17)14(18)15(11)19/h2-6,20H,7H2,1H3,(H,21,22). The van der Waals surface area contributed by atoms with Gasteiger partial charge in [0, 0.05) is 0 Å². The van der Waals surface area contributed by atoms with Gasteiger partial charge in [0.2, 0.25) is 15.9 Å². The number of hydrogen-bond donors (Lipinski definition) is 2. The summed E-state index contributed by atoms with van der Waals surface area (Å²) in [5.41, 5.74) is -0.181. The van der Waals surface area contributed by atoms with E-state index in [9.17, 15) is 30.8 Å². The van der Waals surface area contributed by atoms with E-state index in [2.05, 4.69) is 0 Å². The molecule has 2 rings (SSSR count). The molecule has 134 valence electrons. The number of carbonyl (C=O) groups excluding carboxylic acids is 1. The summed E-state index contributed by atoms with van der Waals surface area (Å²) in [6, 6.07) is 4.78. The molecule has 0 aliphatic heterocycles. The van der Waals surface area contributed by atoms with Crippen LogP contribution in [0.15, 0.2) is 35.2 Å². The average molecular weight is 376 g/mol. The fraction of sp³-hybridized carbons (Fsp3) is 0.133. The van der Waals surface area contributed by atoms with Crippen LogP contribution in [-0.2, 0) is 14.8 Å². The molecular formula is C15H12F4N2O3S. The van der Waals surface area contributed by atoms with Crippen molar-refractivity contribution in [1.82, 2.24) is 4.72 Å². The minimum Gasteiger partial charge on any atom is -0.322 e. The lowest BCUT2D eigenvalue weighted by Crippen LogP contribution is -2.33. The van der Waals surface area contributed by atoms with Gasteiger partial charge in [-0.25, -0.2) is 30.7 Å². The second-order valence-electron chi connectivity index (χ2n) is 5.03. The van der Waals surface area contributed by atoms with Crippen LogP contribution in [0.3, 0.4) is 0 Å². The minimum absolute atomic E-state index is 0.482. The molecule has 0 aliphatic rings. The van der Waals surface area contributed by atoms with Crippen molar-refractivity contribution in [3.8, 4) is 0 Å². The predicted molar refractivity (Wildman–Crippen MR) is 81.3 cm³/mol. The summed E-state index contributed by atoms with van der Waals surface area (Å²) < 4.78 is 78.8. The molecule has 5 nitrogen and oxygen atoms in total. The van der Waals surface area contributed by atoms with Crippen molar-refractivity contribution >= 4 is 21.6 Å². The lowest BCUT2D eigenvalue weighted by atomic mass is 10.2. The summed E-state index contributed by atoms with van der Waals surface area (Å²) in [6.07, 6.45) is 0. The molecule has 2 aromatic rings. The number of rotatable bonds is 5. The molecule has 0 spiro atoms. The van der Waals surface area contributed by atoms with Crippen LogP contribution in [0.5, 0.6) is 0 Å². The molecule has 0 aromatic heterocycles. The summed E-state index contributed by atoms with van der Waals surface area (Å²) in [5.74, 6) is -6.90. The van der Waals surface area contributed by atoms with Crippen molar-refractivity contribution in [3.05, 3.63) is 59.2 Å². The van der Waals surface area contributed by atoms with E-state index in [1.54, 1.807) is 6.92 Å². The number of aryl methyl sites for hydroxylation is 1. The lowest BCUT2D eigenvalue weighted by molar-refractivity contribution is -0.115. The average Bonchev–Trinajstić information content (AvgIpc) is 2.56. The first kappa shape index (κ1) is 18.9. The third kappa shape index (κ3) is 4.34. The van der Waals surface area contributed by atoms with Crippen LogP contribution in [0.25, 0.3) is 0 Å². The maximum atomic E-state index is 13.6. The molecule has 0 atom stereocenters. The van der Waals surface area contributed by atoms with Gasteiger partial charge >= 0.3 is 0 Å². The molecule has 2 aromatic carbocycles. The third-order valence-electron chi connectivity index (χ3n) is 3.11. The fourth-order valence-electron chi connectivity index (χ4n) is 1.87. The monoisotopic (exact) mass is 376 g/mol. The van der Waals surface area contributed by atoms with Crippen LogP contribution in [-0.4, -0.2) is 20.9 Å². The Balaban J connectivity index is 2.09. The second-order valence-corrected chi connectivity index (χ2v) is 6.76. The van der Waals surface area contributed by atoms with Gasteiger partial charge < -0.3 is 5.32 Å². The highest BCUT2D eigenvalue weighted by Crippen LogP contribution is 2.19. The van der Waals surface area contributed by atoms with Gasteiger partial charge in [0.15, 0.2) is 17.5 Å². The smallest absolute Gasteiger partial charge is 0.243 e. The van der Waals surface area contributed by atoms with E-state index in [0.717, 1.165) is 18.2 Å². The Kier molecular flexibility index (Phi) is 5.43. The highest BCUT2D eigenvalue weighted by Gasteiger charge is 2.21. The highest BCUT2D eigenvalue weighted by molar-refractivity contribution is 7.89. The lowest BCUT2D eigenvalue weighted by Gasteiger charge is -2.10. The Hall–Kier alpha value is -2.46. The number of anilines is 1. The first-order chi connectivity index (χ1) is 11.6. The van der Waals surface area contributed by atoms with E-state index in [1.807, 2.05) is 10.0 Å². The summed E-state index contributed by atoms with van der Waals surface area (Å²) >= 11 is 0. The molecule has 25 heavy (non-hydrogen) atoms. The molecule has 0 aliphatic carbocycles. The van der Waals surface area contributed by atoms with Gasteiger partial charge in [-0.2, -0.15) is 0 Å². The van der Waals surface area contributed by atoms with E-state index < -0.39 is 56.3 Å². The van der Waals surface area contributed by atoms with Gasteiger partial charge in [-0.3, -0.25) is 4.79 Å². The van der Waals surface area contributed by atoms with Crippen LogP contribution in [0, 0.1) is 30.2 Å². The van der Waals surface area contributed by atoms with Gasteiger partial charge in [0.1, 0.15) is 10.7 Å². The number of sulfonamides is 1. The van der Waals surface area contributed by atoms with E-state index in [0.29, 0.717) is 11.6 Å². The maximum absolute atomic E-state index is 13.6. The van der Waals surface area contributed by atoms with Gasteiger partial charge in [0.25, 0.3) is 0 Å². The zero-order chi connectivity index (χ0) is 18.8. The van der Waals surface area contributed by atoms with Crippen molar-refractivity contribution in [2.45, 2.75) is 11.8 Å². The third-order valence-corrected chi connectivity index (χ3v) is 4.52. The predicted octanol–water partition coefficient (Wildman–Crippen LogP) is 2.47. The molecular weight excluding hydrogens is 364 g/mol. The van der Waals surface area contributed by atoms with Crippen LogP contribution < -0.4 is 10.0 Å². The van der Waals surface area contributed by atoms with E-state index >= 15 is 0 Å². The zero-order valence-corrected chi connectivity index (χ0v) is 13.6. The first-order valence-electron chi connectivity index (χ1n) is 6.81. The maximum Gasteiger partial charge on any atom is 0.243 e. The van der Waals surface area contributed by atoms with Crippen molar-refractivity contribution in [2.75, 3.05) is 11.9 Å². The number of nitrogens with one attached hydrogen (secondary N) is 2. The van der Waals surface area contributed by atoms with Crippen molar-refractivity contribution in [1.29, 1.82) is 0 Å². The van der Waals surface area contributed by atoms with Crippen molar-refractivity contribution in [2.24, 2.45) is 0 Å². The van der Waals surface area contributed by atoms with Gasteiger partial charge in [-0.05, 0) is 36.8 Å². The molecule has 0 radical (unpaired) electrons. The van der Waals surface area contributed by atoms with Gasteiger partial charge in [0.05, 0.1) is 12.2 Å². The Labute approximate surface area is 140 Å². The summed E-state index contributed by atoms with van der Waals surface area (Å²) in [5, 5.41) is 1.89. The number of halogens is 4. The van der Waals surface area contributed by atoms with E-state index in [4.69, 9.17) is 0 Å². The topological polar surface area (TPSA) is 75.3 Å². The number of carbonyl (C=O) groups is 1. The summed E-state index contributed by atoms with van der Waals surface area (Å²) in [4.78, 5) is 11.0. The molecule has 2 N–H and O–H groups in total. The van der Waals surface area contributed by atoms with E-state index in [-0.39, 0.29) is 0 Å². The molecule has 0 bridgehead atoms. The second kappa shape index (κ2) is 7.19. The molecule has 0 saturated heterocycles. The largest absolute Gasteiger partial charge is 0.322 e. The molecule has 0 saturated carbocycles. The first-order valence-corrected chi connectivity index (χ1v) is 8.29. The van der Waals surface area contributed by atoms with E-state index in [1.165, 1.54) is 6.07 Å². The number of amides is 1.